The zero-order chi connectivity index (χ0) is 20.8. The first kappa shape index (κ1) is 20.9. The molecule has 2 unspecified atom stereocenters. The van der Waals surface area contributed by atoms with E-state index in [-0.39, 0.29) is 18.2 Å². The van der Waals surface area contributed by atoms with Crippen LogP contribution in [0, 0.1) is 0 Å². The van der Waals surface area contributed by atoms with Crippen molar-refractivity contribution >= 4 is 29.4 Å². The van der Waals surface area contributed by atoms with E-state index in [4.69, 9.17) is 16.3 Å². The number of nitrogens with zero attached hydrogens (tertiary/aromatic N) is 1. The molecule has 152 valence electrons. The smallest absolute Gasteiger partial charge is 0.328 e. The lowest BCUT2D eigenvalue weighted by molar-refractivity contribution is -0.151. The van der Waals surface area contributed by atoms with Gasteiger partial charge in [0.2, 0.25) is 5.91 Å². The van der Waals surface area contributed by atoms with Gasteiger partial charge in [-0.2, -0.15) is 0 Å². The number of carbonyl (C=O) groups is 3. The molecule has 0 spiro atoms. The Labute approximate surface area is 174 Å². The number of hydrogen-bond donors (Lipinski definition) is 1. The highest BCUT2D eigenvalue weighted by Crippen LogP contribution is 2.25. The number of rotatable bonds is 6. The van der Waals surface area contributed by atoms with Crippen molar-refractivity contribution < 1.29 is 19.1 Å². The maximum Gasteiger partial charge on any atom is 0.328 e. The Morgan fingerprint density at radius 2 is 1.83 bits per heavy atom. The van der Waals surface area contributed by atoms with Gasteiger partial charge in [-0.25, -0.2) is 4.79 Å². The number of amides is 2. The normalized spacial score (nSPS) is 16.9. The minimum Gasteiger partial charge on any atom is -0.467 e. The predicted octanol–water partition coefficient (Wildman–Crippen LogP) is 3.37. The summed E-state index contributed by atoms with van der Waals surface area (Å²) in [5.41, 5.74) is 1.14. The maximum absolute atomic E-state index is 13.0. The summed E-state index contributed by atoms with van der Waals surface area (Å²) in [6, 6.07) is 14.9. The number of likely N-dealkylation sites (tertiary alicyclic amines) is 1. The van der Waals surface area contributed by atoms with Crippen LogP contribution in [0.5, 0.6) is 0 Å². The summed E-state index contributed by atoms with van der Waals surface area (Å²) in [6.07, 6.45) is 1.36. The Hall–Kier alpha value is -2.86. The van der Waals surface area contributed by atoms with Gasteiger partial charge < -0.3 is 15.0 Å². The second-order valence-electron chi connectivity index (χ2n) is 6.89. The van der Waals surface area contributed by atoms with Crippen molar-refractivity contribution in [2.24, 2.45) is 0 Å². The fourth-order valence-corrected chi connectivity index (χ4v) is 3.78. The summed E-state index contributed by atoms with van der Waals surface area (Å²) in [6.45, 7) is 0.499. The zero-order valence-corrected chi connectivity index (χ0v) is 16.9. The van der Waals surface area contributed by atoms with Crippen molar-refractivity contribution in [3.05, 3.63) is 70.7 Å². The zero-order valence-electron chi connectivity index (χ0n) is 16.1. The van der Waals surface area contributed by atoms with E-state index in [0.29, 0.717) is 23.6 Å². The van der Waals surface area contributed by atoms with Crippen molar-refractivity contribution in [3.8, 4) is 0 Å². The third kappa shape index (κ3) is 4.95. The fraction of sp³-hybridized carbons (Fsp3) is 0.318. The molecule has 0 bridgehead atoms. The van der Waals surface area contributed by atoms with Crippen LogP contribution in [-0.4, -0.2) is 42.4 Å². The van der Waals surface area contributed by atoms with Crippen LogP contribution >= 0.6 is 11.6 Å². The second kappa shape index (κ2) is 9.56. The Kier molecular flexibility index (Phi) is 6.88. The lowest BCUT2D eigenvalue weighted by atomic mass is 10.0. The van der Waals surface area contributed by atoms with Crippen molar-refractivity contribution in [1.29, 1.82) is 0 Å². The molecule has 0 radical (unpaired) electrons. The van der Waals surface area contributed by atoms with E-state index in [1.807, 2.05) is 30.3 Å². The molecule has 3 rings (SSSR count). The van der Waals surface area contributed by atoms with Crippen LogP contribution in [0.15, 0.2) is 54.6 Å². The highest BCUT2D eigenvalue weighted by Gasteiger charge is 2.35. The minimum absolute atomic E-state index is 0.0354. The molecule has 7 heteroatoms. The van der Waals surface area contributed by atoms with Crippen molar-refractivity contribution in [2.45, 2.75) is 31.3 Å². The number of methoxy groups -OCH3 is 1. The van der Waals surface area contributed by atoms with E-state index in [1.165, 1.54) is 7.11 Å². The van der Waals surface area contributed by atoms with E-state index in [1.54, 1.807) is 29.2 Å². The van der Waals surface area contributed by atoms with E-state index < -0.39 is 18.1 Å². The minimum atomic E-state index is -0.566. The lowest BCUT2D eigenvalue weighted by Crippen LogP contribution is -2.43. The number of hydrogen-bond acceptors (Lipinski definition) is 4. The molecular weight excluding hydrogens is 392 g/mol. The second-order valence-corrected chi connectivity index (χ2v) is 7.30. The van der Waals surface area contributed by atoms with Gasteiger partial charge in [-0.3, -0.25) is 9.59 Å². The SMILES string of the molecule is COC(=O)C1CCCN1C(=O)CC(NC(=O)c1ccccc1Cl)c1ccccc1. The van der Waals surface area contributed by atoms with E-state index >= 15 is 0 Å². The highest BCUT2D eigenvalue weighted by atomic mass is 35.5. The molecule has 1 N–H and O–H groups in total. The molecule has 2 atom stereocenters. The average molecular weight is 415 g/mol. The molecule has 0 aliphatic carbocycles. The van der Waals surface area contributed by atoms with Gasteiger partial charge >= 0.3 is 5.97 Å². The number of benzene rings is 2. The van der Waals surface area contributed by atoms with Crippen molar-refractivity contribution in [3.63, 3.8) is 0 Å². The van der Waals surface area contributed by atoms with E-state index in [0.717, 1.165) is 12.0 Å². The maximum atomic E-state index is 13.0. The number of esters is 1. The molecule has 1 saturated heterocycles. The largest absolute Gasteiger partial charge is 0.467 e. The molecular formula is C22H23ClN2O4. The molecule has 6 nitrogen and oxygen atoms in total. The van der Waals surface area contributed by atoms with Gasteiger partial charge in [0.25, 0.3) is 5.91 Å². The monoisotopic (exact) mass is 414 g/mol. The van der Waals surface area contributed by atoms with Crippen LogP contribution in [0.25, 0.3) is 0 Å². The Balaban J connectivity index is 1.79. The first-order chi connectivity index (χ1) is 14.0. The van der Waals surface area contributed by atoms with Gasteiger partial charge in [0.15, 0.2) is 0 Å². The Morgan fingerprint density at radius 3 is 2.52 bits per heavy atom. The summed E-state index contributed by atoms with van der Waals surface area (Å²) < 4.78 is 4.82. The first-order valence-corrected chi connectivity index (χ1v) is 9.86. The Morgan fingerprint density at radius 1 is 1.14 bits per heavy atom. The number of ether oxygens (including phenoxy) is 1. The van der Waals surface area contributed by atoms with Gasteiger partial charge in [0, 0.05) is 6.54 Å². The van der Waals surface area contributed by atoms with Crippen LogP contribution in [0.4, 0.5) is 0 Å². The van der Waals surface area contributed by atoms with Gasteiger partial charge in [0.05, 0.1) is 30.2 Å². The summed E-state index contributed by atoms with van der Waals surface area (Å²) in [7, 11) is 1.32. The van der Waals surface area contributed by atoms with Gasteiger partial charge in [0.1, 0.15) is 6.04 Å². The van der Waals surface area contributed by atoms with Gasteiger partial charge in [-0.1, -0.05) is 54.1 Å². The molecule has 0 saturated carbocycles. The average Bonchev–Trinajstić information content (AvgIpc) is 3.23. The summed E-state index contributed by atoms with van der Waals surface area (Å²) in [5, 5.41) is 3.26. The predicted molar refractivity (Wildman–Crippen MR) is 109 cm³/mol. The number of nitrogens with one attached hydrogen (secondary N) is 1. The number of carbonyl (C=O) groups excluding carboxylic acids is 3. The van der Waals surface area contributed by atoms with Crippen LogP contribution < -0.4 is 5.32 Å². The third-order valence-corrected chi connectivity index (χ3v) is 5.38. The quantitative estimate of drug-likeness (QED) is 0.735. The molecule has 1 aliphatic heterocycles. The van der Waals surface area contributed by atoms with Crippen molar-refractivity contribution in [1.82, 2.24) is 10.2 Å². The molecule has 1 fully saturated rings. The first-order valence-electron chi connectivity index (χ1n) is 9.49. The molecule has 29 heavy (non-hydrogen) atoms. The van der Waals surface area contributed by atoms with Gasteiger partial charge in [-0.05, 0) is 30.5 Å². The van der Waals surface area contributed by atoms with Crippen LogP contribution in [0.3, 0.4) is 0 Å². The summed E-state index contributed by atoms with van der Waals surface area (Å²) in [5.74, 6) is -0.971. The standard InChI is InChI=1S/C22H23ClN2O4/c1-29-22(28)19-12-7-13-25(19)20(26)14-18(15-8-3-2-4-9-15)24-21(27)16-10-5-6-11-17(16)23/h2-6,8-11,18-19H,7,12-14H2,1H3,(H,24,27). The van der Waals surface area contributed by atoms with Crippen molar-refractivity contribution in [2.75, 3.05) is 13.7 Å². The molecule has 0 aromatic heterocycles. The van der Waals surface area contributed by atoms with E-state index in [2.05, 4.69) is 5.32 Å². The highest BCUT2D eigenvalue weighted by molar-refractivity contribution is 6.33. The van der Waals surface area contributed by atoms with Crippen LogP contribution in [0.2, 0.25) is 5.02 Å². The molecule has 2 aromatic rings. The molecule has 2 aromatic carbocycles. The molecule has 1 aliphatic rings. The Bertz CT molecular complexity index is 887. The van der Waals surface area contributed by atoms with Crippen LogP contribution in [0.1, 0.15) is 41.2 Å². The summed E-state index contributed by atoms with van der Waals surface area (Å²) >= 11 is 6.14. The third-order valence-electron chi connectivity index (χ3n) is 5.05. The molecule has 2 amide bonds. The van der Waals surface area contributed by atoms with E-state index in [9.17, 15) is 14.4 Å². The van der Waals surface area contributed by atoms with Gasteiger partial charge in [-0.15, -0.1) is 0 Å². The molecule has 1 heterocycles. The fourth-order valence-electron chi connectivity index (χ4n) is 3.56. The topological polar surface area (TPSA) is 75.7 Å². The number of halogens is 1. The van der Waals surface area contributed by atoms with Crippen LogP contribution in [-0.2, 0) is 14.3 Å². The lowest BCUT2D eigenvalue weighted by Gasteiger charge is -2.26. The summed E-state index contributed by atoms with van der Waals surface area (Å²) in [4.78, 5) is 39.3.